The van der Waals surface area contributed by atoms with E-state index in [-0.39, 0.29) is 19.5 Å². The Morgan fingerprint density at radius 3 is 1.94 bits per heavy atom. The van der Waals surface area contributed by atoms with E-state index in [4.69, 9.17) is 0 Å². The molecule has 1 aromatic heterocycles. The van der Waals surface area contributed by atoms with E-state index in [1.165, 1.54) is 0 Å². The second-order valence-corrected chi connectivity index (χ2v) is 2.82. The minimum Gasteiger partial charge on any atom is -0.484 e. The molecule has 1 aromatic rings. The first-order chi connectivity index (χ1) is 7.83. The van der Waals surface area contributed by atoms with Crippen LogP contribution in [-0.4, -0.2) is 4.98 Å². The average molecular weight is 318 g/mol. The van der Waals surface area contributed by atoms with Gasteiger partial charge in [-0.05, 0) is 0 Å². The van der Waals surface area contributed by atoms with Gasteiger partial charge in [0.05, 0.1) is 0 Å². The van der Waals surface area contributed by atoms with Crippen LogP contribution >= 0.6 is 0 Å². The van der Waals surface area contributed by atoms with Gasteiger partial charge < -0.3 is 18.8 Å². The van der Waals surface area contributed by atoms with E-state index in [9.17, 15) is 0 Å². The van der Waals surface area contributed by atoms with Crippen LogP contribution in [0.2, 0.25) is 0 Å². The second-order valence-electron chi connectivity index (χ2n) is 2.82. The van der Waals surface area contributed by atoms with E-state index in [2.05, 4.69) is 37.2 Å². The van der Waals surface area contributed by atoms with Crippen molar-refractivity contribution in [1.82, 2.24) is 4.98 Å². The summed E-state index contributed by atoms with van der Waals surface area (Å²) in [7, 11) is 0. The van der Waals surface area contributed by atoms with Crippen molar-refractivity contribution in [3.8, 4) is 0 Å². The van der Waals surface area contributed by atoms with E-state index in [1.807, 2.05) is 44.3 Å². The summed E-state index contributed by atoms with van der Waals surface area (Å²) in [6.45, 7) is 11.0. The Balaban J connectivity index is -0.000000157. The standard InChI is InChI=1S/C5H5.C4H4N.2C3H7.Ru/c2*1-2-4-5-3-1;2*1-3-2;/h1-3H,4H2;1-3,5H;2*1,3H2,2H3;/q4*-1;+4. The number of nitrogens with one attached hydrogen (secondary N) is 1. The van der Waals surface area contributed by atoms with Crippen LogP contribution in [0, 0.1) is 26.1 Å². The topological polar surface area (TPSA) is 15.8 Å². The number of hydrogen-bond donors (Lipinski definition) is 1. The summed E-state index contributed by atoms with van der Waals surface area (Å²) in [5.41, 5.74) is 0. The molecule has 0 bridgehead atoms. The normalized spacial score (nSPS) is 9.65. The van der Waals surface area contributed by atoms with Crippen LogP contribution in [0.25, 0.3) is 0 Å². The molecule has 2 heteroatoms. The van der Waals surface area contributed by atoms with Crippen molar-refractivity contribution in [3.63, 3.8) is 0 Å². The van der Waals surface area contributed by atoms with Crippen molar-refractivity contribution < 1.29 is 19.5 Å². The Labute approximate surface area is 120 Å². The molecule has 0 saturated carbocycles. The molecule has 0 aliphatic heterocycles. The Morgan fingerprint density at radius 1 is 1.24 bits per heavy atom. The fourth-order valence-electron chi connectivity index (χ4n) is 0.581. The molecule has 0 unspecified atom stereocenters. The van der Waals surface area contributed by atoms with Gasteiger partial charge in [0.15, 0.2) is 0 Å². The van der Waals surface area contributed by atoms with Gasteiger partial charge in [0.1, 0.15) is 0 Å². The molecule has 0 amide bonds. The molecule has 1 heterocycles. The SMILES string of the molecule is [C-]1=CC=CC1.[CH2-]CC.[CH2-]CC.[Ru+4].[c-]1ccc[nH]1. The molecule has 0 saturated heterocycles. The minimum absolute atomic E-state index is 0. The van der Waals surface area contributed by atoms with Crippen molar-refractivity contribution >= 4 is 0 Å². The van der Waals surface area contributed by atoms with Crippen LogP contribution in [0.4, 0.5) is 0 Å². The van der Waals surface area contributed by atoms with Gasteiger partial charge in [-0.15, -0.1) is 12.6 Å². The smallest absolute Gasteiger partial charge is 0.484 e. The van der Waals surface area contributed by atoms with Crippen LogP contribution < -0.4 is 0 Å². The minimum atomic E-state index is 0. The van der Waals surface area contributed by atoms with E-state index < -0.39 is 0 Å². The number of rotatable bonds is 0. The van der Waals surface area contributed by atoms with E-state index in [0.29, 0.717) is 0 Å². The van der Waals surface area contributed by atoms with Gasteiger partial charge in [-0.25, -0.2) is 12.2 Å². The molecule has 0 radical (unpaired) electrons. The van der Waals surface area contributed by atoms with Gasteiger partial charge in [-0.3, -0.25) is 6.08 Å². The zero-order valence-corrected chi connectivity index (χ0v) is 12.6. The monoisotopic (exact) mass is 319 g/mol. The maximum Gasteiger partial charge on any atom is 4.00 e. The second kappa shape index (κ2) is 24.6. The molecule has 96 valence electrons. The van der Waals surface area contributed by atoms with Crippen molar-refractivity contribution in [3.05, 3.63) is 62.7 Å². The first kappa shape index (κ1) is 21.6. The third-order valence-electron chi connectivity index (χ3n) is 1.03. The van der Waals surface area contributed by atoms with Crippen molar-refractivity contribution in [2.45, 2.75) is 33.1 Å². The zero-order valence-electron chi connectivity index (χ0n) is 10.9. The van der Waals surface area contributed by atoms with Gasteiger partial charge in [-0.1, -0.05) is 13.8 Å². The fourth-order valence-corrected chi connectivity index (χ4v) is 0.581. The average Bonchev–Trinajstić information content (AvgIpc) is 3.00. The molecule has 1 aliphatic rings. The van der Waals surface area contributed by atoms with Crippen molar-refractivity contribution in [2.75, 3.05) is 0 Å². The molecule has 1 N–H and O–H groups in total. The molecule has 1 nitrogen and oxygen atoms in total. The molecular formula is C15H23NRu. The molecule has 17 heavy (non-hydrogen) atoms. The molecular weight excluding hydrogens is 295 g/mol. The molecule has 0 fully saturated rings. The van der Waals surface area contributed by atoms with Crippen LogP contribution in [0.5, 0.6) is 0 Å². The predicted octanol–water partition coefficient (Wildman–Crippen LogP) is 4.58. The maximum absolute atomic E-state index is 3.49. The molecule has 2 rings (SSSR count). The van der Waals surface area contributed by atoms with Gasteiger partial charge in [0.25, 0.3) is 0 Å². The Morgan fingerprint density at radius 2 is 1.82 bits per heavy atom. The first-order valence-corrected chi connectivity index (χ1v) is 5.63. The van der Waals surface area contributed by atoms with Gasteiger partial charge in [0, 0.05) is 0 Å². The maximum atomic E-state index is 3.49. The van der Waals surface area contributed by atoms with Crippen molar-refractivity contribution in [1.29, 1.82) is 0 Å². The van der Waals surface area contributed by atoms with Gasteiger partial charge >= 0.3 is 19.5 Å². The summed E-state index contributed by atoms with van der Waals surface area (Å²) in [4.78, 5) is 2.74. The summed E-state index contributed by atoms with van der Waals surface area (Å²) in [6.07, 6.45) is 16.6. The van der Waals surface area contributed by atoms with Crippen LogP contribution in [0.1, 0.15) is 33.1 Å². The number of allylic oxidation sites excluding steroid dienone is 4. The van der Waals surface area contributed by atoms with E-state index in [0.717, 1.165) is 19.3 Å². The Kier molecular flexibility index (Phi) is 31.3. The van der Waals surface area contributed by atoms with Gasteiger partial charge in [0.2, 0.25) is 0 Å². The molecule has 1 aliphatic carbocycles. The third-order valence-corrected chi connectivity index (χ3v) is 1.03. The Hall–Kier alpha value is -0.617. The number of hydrogen-bond acceptors (Lipinski definition) is 0. The predicted molar refractivity (Wildman–Crippen MR) is 72.5 cm³/mol. The quantitative estimate of drug-likeness (QED) is 0.532. The third kappa shape index (κ3) is 31.3. The van der Waals surface area contributed by atoms with Crippen LogP contribution in [0.15, 0.2) is 36.6 Å². The largest absolute Gasteiger partial charge is 4.00 e. The summed E-state index contributed by atoms with van der Waals surface area (Å²) in [5.74, 6) is 0. The Bertz CT molecular complexity index is 196. The summed E-state index contributed by atoms with van der Waals surface area (Å²) < 4.78 is 0. The summed E-state index contributed by atoms with van der Waals surface area (Å²) in [6, 6.07) is 3.71. The van der Waals surface area contributed by atoms with E-state index in [1.54, 1.807) is 0 Å². The summed E-state index contributed by atoms with van der Waals surface area (Å²) >= 11 is 0. The fraction of sp³-hybridized carbons (Fsp3) is 0.333. The first-order valence-electron chi connectivity index (χ1n) is 5.63. The summed E-state index contributed by atoms with van der Waals surface area (Å²) in [5, 5.41) is 0. The molecule has 0 aromatic carbocycles. The van der Waals surface area contributed by atoms with Crippen LogP contribution in [-0.2, 0) is 19.5 Å². The number of aromatic nitrogens is 1. The van der Waals surface area contributed by atoms with Crippen LogP contribution in [0.3, 0.4) is 0 Å². The van der Waals surface area contributed by atoms with Crippen molar-refractivity contribution in [2.24, 2.45) is 0 Å². The number of H-pyrrole nitrogens is 1. The number of aromatic amines is 1. The molecule has 0 atom stereocenters. The van der Waals surface area contributed by atoms with Gasteiger partial charge in [-0.2, -0.15) is 37.2 Å². The van der Waals surface area contributed by atoms with E-state index >= 15 is 0 Å². The zero-order chi connectivity index (χ0) is 12.5. The molecule has 0 spiro atoms.